The highest BCUT2D eigenvalue weighted by Crippen LogP contribution is 2.16. The molecular weight excluding hydrogens is 274 g/mol. The van der Waals surface area contributed by atoms with Gasteiger partial charge in [-0.15, -0.1) is 0 Å². The van der Waals surface area contributed by atoms with Gasteiger partial charge in [-0.1, -0.05) is 29.8 Å². The van der Waals surface area contributed by atoms with Gasteiger partial charge in [0.2, 0.25) is 0 Å². The van der Waals surface area contributed by atoms with Crippen molar-refractivity contribution in [2.45, 2.75) is 20.4 Å². The van der Waals surface area contributed by atoms with E-state index in [2.05, 4.69) is 16.7 Å². The lowest BCUT2D eigenvalue weighted by Crippen LogP contribution is -2.28. The molecule has 0 aliphatic rings. The lowest BCUT2D eigenvalue weighted by Gasteiger charge is -2.13. The quantitative estimate of drug-likeness (QED) is 0.904. The fraction of sp³-hybridized carbons (Fsp3) is 0.278. The standard InChI is InChI=1S/C18H23N3O/c1-13-5-10-17(14(2)11-13)20-18(22)19-12-15-6-8-16(9-7-15)21(3)4/h5-11H,12H2,1-4H3,(H2,19,20,22). The molecule has 0 unspecified atom stereocenters. The van der Waals surface area contributed by atoms with Crippen molar-refractivity contribution in [3.8, 4) is 0 Å². The molecule has 2 N–H and O–H groups in total. The molecular formula is C18H23N3O. The highest BCUT2D eigenvalue weighted by molar-refractivity contribution is 5.90. The van der Waals surface area contributed by atoms with Crippen molar-refractivity contribution in [2.24, 2.45) is 0 Å². The van der Waals surface area contributed by atoms with Gasteiger partial charge in [0.05, 0.1) is 0 Å². The van der Waals surface area contributed by atoms with Gasteiger partial charge in [-0.05, 0) is 43.2 Å². The van der Waals surface area contributed by atoms with E-state index in [-0.39, 0.29) is 6.03 Å². The van der Waals surface area contributed by atoms with Crippen LogP contribution in [0.1, 0.15) is 16.7 Å². The Kier molecular flexibility index (Phi) is 5.04. The fourth-order valence-electron chi connectivity index (χ4n) is 2.21. The third-order valence-corrected chi connectivity index (χ3v) is 3.54. The zero-order chi connectivity index (χ0) is 16.1. The van der Waals surface area contributed by atoms with Crippen LogP contribution in [0.4, 0.5) is 16.2 Å². The molecule has 4 heteroatoms. The van der Waals surface area contributed by atoms with E-state index in [0.29, 0.717) is 6.54 Å². The molecule has 4 nitrogen and oxygen atoms in total. The molecule has 0 saturated heterocycles. The topological polar surface area (TPSA) is 44.4 Å². The summed E-state index contributed by atoms with van der Waals surface area (Å²) in [5.41, 5.74) is 5.30. The maximum absolute atomic E-state index is 12.0. The Morgan fingerprint density at radius 2 is 1.73 bits per heavy atom. The predicted octanol–water partition coefficient (Wildman–Crippen LogP) is 3.69. The number of urea groups is 1. The van der Waals surface area contributed by atoms with Crippen molar-refractivity contribution in [1.29, 1.82) is 0 Å². The lowest BCUT2D eigenvalue weighted by atomic mass is 10.1. The minimum absolute atomic E-state index is 0.191. The zero-order valence-electron chi connectivity index (χ0n) is 13.6. The number of hydrogen-bond donors (Lipinski definition) is 2. The second-order valence-electron chi connectivity index (χ2n) is 5.69. The monoisotopic (exact) mass is 297 g/mol. The SMILES string of the molecule is Cc1ccc(NC(=O)NCc2ccc(N(C)C)cc2)c(C)c1. The average molecular weight is 297 g/mol. The molecule has 2 rings (SSSR count). The van der Waals surface area contributed by atoms with E-state index in [1.807, 2.05) is 69.2 Å². The summed E-state index contributed by atoms with van der Waals surface area (Å²) in [6.45, 7) is 4.53. The Morgan fingerprint density at radius 3 is 2.32 bits per heavy atom. The van der Waals surface area contributed by atoms with E-state index in [0.717, 1.165) is 22.5 Å². The molecule has 116 valence electrons. The van der Waals surface area contributed by atoms with Gasteiger partial charge in [0.15, 0.2) is 0 Å². The number of hydrogen-bond acceptors (Lipinski definition) is 2. The highest BCUT2D eigenvalue weighted by atomic mass is 16.2. The van der Waals surface area contributed by atoms with Gasteiger partial charge in [-0.25, -0.2) is 4.79 Å². The van der Waals surface area contributed by atoms with E-state index in [4.69, 9.17) is 0 Å². The van der Waals surface area contributed by atoms with Gasteiger partial charge in [0.1, 0.15) is 0 Å². The van der Waals surface area contributed by atoms with Crippen LogP contribution in [0, 0.1) is 13.8 Å². The van der Waals surface area contributed by atoms with Crippen molar-refractivity contribution in [2.75, 3.05) is 24.3 Å². The summed E-state index contributed by atoms with van der Waals surface area (Å²) in [6.07, 6.45) is 0. The zero-order valence-corrected chi connectivity index (χ0v) is 13.6. The molecule has 0 aromatic heterocycles. The third-order valence-electron chi connectivity index (χ3n) is 3.54. The lowest BCUT2D eigenvalue weighted by molar-refractivity contribution is 0.251. The summed E-state index contributed by atoms with van der Waals surface area (Å²) in [5, 5.41) is 5.75. The number of aryl methyl sites for hydroxylation is 2. The van der Waals surface area contributed by atoms with Crippen LogP contribution in [0.25, 0.3) is 0 Å². The number of nitrogens with zero attached hydrogens (tertiary/aromatic N) is 1. The normalized spacial score (nSPS) is 10.2. The summed E-state index contributed by atoms with van der Waals surface area (Å²) in [5.74, 6) is 0. The Hall–Kier alpha value is -2.49. The number of rotatable bonds is 4. The average Bonchev–Trinajstić information content (AvgIpc) is 2.48. The molecule has 22 heavy (non-hydrogen) atoms. The summed E-state index contributed by atoms with van der Waals surface area (Å²) in [4.78, 5) is 14.0. The first-order valence-corrected chi connectivity index (χ1v) is 7.34. The van der Waals surface area contributed by atoms with Gasteiger partial charge >= 0.3 is 6.03 Å². The summed E-state index contributed by atoms with van der Waals surface area (Å²) < 4.78 is 0. The van der Waals surface area contributed by atoms with Crippen LogP contribution in [-0.4, -0.2) is 20.1 Å². The van der Waals surface area contributed by atoms with Crippen LogP contribution < -0.4 is 15.5 Å². The number of carbonyl (C=O) groups is 1. The van der Waals surface area contributed by atoms with E-state index < -0.39 is 0 Å². The van der Waals surface area contributed by atoms with E-state index >= 15 is 0 Å². The maximum atomic E-state index is 12.0. The first-order valence-electron chi connectivity index (χ1n) is 7.34. The van der Waals surface area contributed by atoms with Crippen LogP contribution in [0.15, 0.2) is 42.5 Å². The first-order chi connectivity index (χ1) is 10.5. The molecule has 0 atom stereocenters. The van der Waals surface area contributed by atoms with Gasteiger partial charge in [0.25, 0.3) is 0 Å². The van der Waals surface area contributed by atoms with Gasteiger partial charge in [-0.2, -0.15) is 0 Å². The summed E-state index contributed by atoms with van der Waals surface area (Å²) in [7, 11) is 4.01. The first kappa shape index (κ1) is 15.9. The molecule has 0 bridgehead atoms. The van der Waals surface area contributed by atoms with Crippen molar-refractivity contribution >= 4 is 17.4 Å². The molecule has 0 spiro atoms. The van der Waals surface area contributed by atoms with Crippen LogP contribution in [0.5, 0.6) is 0 Å². The molecule has 2 aromatic rings. The Balaban J connectivity index is 1.89. The molecule has 0 heterocycles. The molecule has 0 aliphatic carbocycles. The minimum atomic E-state index is -0.191. The number of anilines is 2. The van der Waals surface area contributed by atoms with Crippen molar-refractivity contribution in [3.05, 3.63) is 59.2 Å². The Morgan fingerprint density at radius 1 is 1.05 bits per heavy atom. The molecule has 0 aliphatic heterocycles. The second-order valence-corrected chi connectivity index (χ2v) is 5.69. The smallest absolute Gasteiger partial charge is 0.319 e. The minimum Gasteiger partial charge on any atom is -0.378 e. The third kappa shape index (κ3) is 4.25. The van der Waals surface area contributed by atoms with Crippen molar-refractivity contribution < 1.29 is 4.79 Å². The van der Waals surface area contributed by atoms with E-state index in [9.17, 15) is 4.79 Å². The molecule has 2 aromatic carbocycles. The molecule has 0 radical (unpaired) electrons. The van der Waals surface area contributed by atoms with Gasteiger partial charge in [0, 0.05) is 32.0 Å². The summed E-state index contributed by atoms with van der Waals surface area (Å²) in [6, 6.07) is 13.9. The summed E-state index contributed by atoms with van der Waals surface area (Å²) >= 11 is 0. The molecule has 0 fully saturated rings. The van der Waals surface area contributed by atoms with E-state index in [1.165, 1.54) is 5.56 Å². The van der Waals surface area contributed by atoms with Crippen LogP contribution >= 0.6 is 0 Å². The van der Waals surface area contributed by atoms with Gasteiger partial charge < -0.3 is 15.5 Å². The van der Waals surface area contributed by atoms with Gasteiger partial charge in [-0.3, -0.25) is 0 Å². The van der Waals surface area contributed by atoms with E-state index in [1.54, 1.807) is 0 Å². The van der Waals surface area contributed by atoms with Crippen LogP contribution in [-0.2, 0) is 6.54 Å². The number of nitrogens with one attached hydrogen (secondary N) is 2. The number of carbonyl (C=O) groups excluding carboxylic acids is 1. The van der Waals surface area contributed by atoms with Crippen molar-refractivity contribution in [3.63, 3.8) is 0 Å². The Labute approximate surface area is 132 Å². The Bertz CT molecular complexity index is 648. The second kappa shape index (κ2) is 6.98. The number of amides is 2. The predicted molar refractivity (Wildman–Crippen MR) is 92.5 cm³/mol. The molecule has 2 amide bonds. The highest BCUT2D eigenvalue weighted by Gasteiger charge is 2.04. The molecule has 0 saturated carbocycles. The number of benzene rings is 2. The largest absolute Gasteiger partial charge is 0.378 e. The van der Waals surface area contributed by atoms with Crippen LogP contribution in [0.3, 0.4) is 0 Å². The van der Waals surface area contributed by atoms with Crippen LogP contribution in [0.2, 0.25) is 0 Å². The maximum Gasteiger partial charge on any atom is 0.319 e. The van der Waals surface area contributed by atoms with Crippen molar-refractivity contribution in [1.82, 2.24) is 5.32 Å². The fourth-order valence-corrected chi connectivity index (χ4v) is 2.21.